The van der Waals surface area contributed by atoms with Gasteiger partial charge in [-0.3, -0.25) is 4.79 Å². The van der Waals surface area contributed by atoms with E-state index >= 15 is 0 Å². The molecule has 2 aromatic carbocycles. The van der Waals surface area contributed by atoms with Gasteiger partial charge in [-0.2, -0.15) is 5.26 Å². The molecule has 0 saturated heterocycles. The van der Waals surface area contributed by atoms with E-state index in [2.05, 4.69) is 15.9 Å². The number of halogens is 1. The Hall–Kier alpha value is -2.32. The first-order valence-electron chi connectivity index (χ1n) is 6.70. The van der Waals surface area contributed by atoms with Crippen LogP contribution in [-0.2, 0) is 11.3 Å². The van der Waals surface area contributed by atoms with Gasteiger partial charge in [0.05, 0.1) is 11.6 Å². The highest BCUT2D eigenvalue weighted by Crippen LogP contribution is 2.17. The molecule has 0 fully saturated rings. The monoisotopic (exact) mass is 358 g/mol. The molecule has 0 aliphatic heterocycles. The molecule has 0 atom stereocenters. The lowest BCUT2D eigenvalue weighted by Gasteiger charge is -2.18. The summed E-state index contributed by atoms with van der Waals surface area (Å²) in [6.07, 6.45) is 0. The van der Waals surface area contributed by atoms with Crippen LogP contribution in [0.1, 0.15) is 11.1 Å². The predicted octanol–water partition coefficient (Wildman–Crippen LogP) is 3.36. The molecule has 112 valence electrons. The summed E-state index contributed by atoms with van der Waals surface area (Å²) in [6.45, 7) is 0.442. The second kappa shape index (κ2) is 7.62. The summed E-state index contributed by atoms with van der Waals surface area (Å²) < 4.78 is 6.42. The molecule has 0 unspecified atom stereocenters. The van der Waals surface area contributed by atoms with Crippen LogP contribution in [0.3, 0.4) is 0 Å². The van der Waals surface area contributed by atoms with E-state index < -0.39 is 0 Å². The topological polar surface area (TPSA) is 53.3 Å². The quantitative estimate of drug-likeness (QED) is 0.823. The Morgan fingerprint density at radius 2 is 2.05 bits per heavy atom. The van der Waals surface area contributed by atoms with Crippen molar-refractivity contribution in [2.45, 2.75) is 6.54 Å². The molecular formula is C17H15BrN2O2. The average molecular weight is 359 g/mol. The molecule has 0 heterocycles. The second-order valence-electron chi connectivity index (χ2n) is 4.77. The van der Waals surface area contributed by atoms with Gasteiger partial charge in [-0.25, -0.2) is 0 Å². The van der Waals surface area contributed by atoms with E-state index in [1.54, 1.807) is 36.2 Å². The first-order chi connectivity index (χ1) is 10.6. The normalized spacial score (nSPS) is 9.86. The molecule has 0 saturated carbocycles. The van der Waals surface area contributed by atoms with Crippen LogP contribution in [0.2, 0.25) is 0 Å². The second-order valence-corrected chi connectivity index (χ2v) is 5.62. The first-order valence-corrected chi connectivity index (χ1v) is 7.50. The molecule has 2 rings (SSSR count). The van der Waals surface area contributed by atoms with Gasteiger partial charge in [0.2, 0.25) is 0 Å². The lowest BCUT2D eigenvalue weighted by molar-refractivity contribution is -0.132. The van der Waals surface area contributed by atoms with Crippen molar-refractivity contribution < 1.29 is 9.53 Å². The molecule has 22 heavy (non-hydrogen) atoms. The van der Waals surface area contributed by atoms with Crippen molar-refractivity contribution in [2.75, 3.05) is 13.7 Å². The Labute approximate surface area is 138 Å². The molecule has 0 aromatic heterocycles. The van der Waals surface area contributed by atoms with Crippen LogP contribution in [0, 0.1) is 11.3 Å². The Balaban J connectivity index is 1.91. The SMILES string of the molecule is CN(Cc1ccccc1Br)C(=O)COc1cccc(C#N)c1. The maximum Gasteiger partial charge on any atom is 0.260 e. The third-order valence-electron chi connectivity index (χ3n) is 3.12. The fourth-order valence-corrected chi connectivity index (χ4v) is 2.29. The summed E-state index contributed by atoms with van der Waals surface area (Å²) in [5.41, 5.74) is 1.54. The van der Waals surface area contributed by atoms with Gasteiger partial charge in [0.25, 0.3) is 5.91 Å². The Kier molecular flexibility index (Phi) is 5.56. The van der Waals surface area contributed by atoms with Crippen molar-refractivity contribution in [1.29, 1.82) is 5.26 Å². The Bertz CT molecular complexity index is 710. The minimum Gasteiger partial charge on any atom is -0.484 e. The summed E-state index contributed by atoms with van der Waals surface area (Å²) in [5.74, 6) is 0.389. The van der Waals surface area contributed by atoms with E-state index in [0.29, 0.717) is 17.9 Å². The van der Waals surface area contributed by atoms with Crippen LogP contribution in [0.15, 0.2) is 53.0 Å². The summed E-state index contributed by atoms with van der Waals surface area (Å²) in [4.78, 5) is 13.7. The van der Waals surface area contributed by atoms with Gasteiger partial charge in [-0.05, 0) is 29.8 Å². The molecule has 4 nitrogen and oxygen atoms in total. The van der Waals surface area contributed by atoms with E-state index in [-0.39, 0.29) is 12.5 Å². The highest BCUT2D eigenvalue weighted by Gasteiger charge is 2.11. The lowest BCUT2D eigenvalue weighted by atomic mass is 10.2. The predicted molar refractivity (Wildman–Crippen MR) is 87.3 cm³/mol. The van der Waals surface area contributed by atoms with Crippen molar-refractivity contribution in [3.63, 3.8) is 0 Å². The molecule has 0 spiro atoms. The number of carbonyl (C=O) groups excluding carboxylic acids is 1. The van der Waals surface area contributed by atoms with E-state index in [1.165, 1.54) is 0 Å². The van der Waals surface area contributed by atoms with Gasteiger partial charge >= 0.3 is 0 Å². The number of benzene rings is 2. The third-order valence-corrected chi connectivity index (χ3v) is 3.89. The fraction of sp³-hybridized carbons (Fsp3) is 0.176. The van der Waals surface area contributed by atoms with Crippen LogP contribution < -0.4 is 4.74 Å². The van der Waals surface area contributed by atoms with E-state index in [4.69, 9.17) is 10.00 Å². The van der Waals surface area contributed by atoms with Gasteiger partial charge in [0, 0.05) is 18.1 Å². The van der Waals surface area contributed by atoms with Gasteiger partial charge in [0.1, 0.15) is 5.75 Å². The molecule has 5 heteroatoms. The van der Waals surface area contributed by atoms with Gasteiger partial charge < -0.3 is 9.64 Å². The molecule has 2 aromatic rings. The van der Waals surface area contributed by atoms with E-state index in [0.717, 1.165) is 10.0 Å². The van der Waals surface area contributed by atoms with Crippen LogP contribution in [-0.4, -0.2) is 24.5 Å². The minimum absolute atomic E-state index is 0.0597. The van der Waals surface area contributed by atoms with Crippen molar-refractivity contribution in [1.82, 2.24) is 4.90 Å². The van der Waals surface area contributed by atoms with Crippen LogP contribution in [0.5, 0.6) is 5.75 Å². The molecule has 0 N–H and O–H groups in total. The highest BCUT2D eigenvalue weighted by molar-refractivity contribution is 9.10. The molecule has 0 radical (unpaired) electrons. The molecule has 0 aliphatic carbocycles. The number of nitrogens with zero attached hydrogens (tertiary/aromatic N) is 2. The smallest absolute Gasteiger partial charge is 0.260 e. The third kappa shape index (κ3) is 4.34. The number of hydrogen-bond acceptors (Lipinski definition) is 3. The number of carbonyl (C=O) groups is 1. The standard InChI is InChI=1S/C17H15BrN2O2/c1-20(11-14-6-2-3-8-16(14)18)17(21)12-22-15-7-4-5-13(9-15)10-19/h2-9H,11-12H2,1H3. The molecule has 0 aliphatic rings. The number of hydrogen-bond donors (Lipinski definition) is 0. The van der Waals surface area contributed by atoms with Gasteiger partial charge in [-0.1, -0.05) is 40.2 Å². The summed E-state index contributed by atoms with van der Waals surface area (Å²) >= 11 is 3.47. The zero-order valence-corrected chi connectivity index (χ0v) is 13.7. The number of ether oxygens (including phenoxy) is 1. The number of amides is 1. The zero-order chi connectivity index (χ0) is 15.9. The lowest BCUT2D eigenvalue weighted by Crippen LogP contribution is -2.31. The summed E-state index contributed by atoms with van der Waals surface area (Å²) in [5, 5.41) is 8.83. The van der Waals surface area contributed by atoms with Gasteiger partial charge in [0.15, 0.2) is 6.61 Å². The van der Waals surface area contributed by atoms with Crippen LogP contribution >= 0.6 is 15.9 Å². The Morgan fingerprint density at radius 3 is 2.77 bits per heavy atom. The van der Waals surface area contributed by atoms with Crippen molar-refractivity contribution in [3.05, 3.63) is 64.1 Å². The van der Waals surface area contributed by atoms with E-state index in [9.17, 15) is 4.79 Å². The van der Waals surface area contributed by atoms with Crippen molar-refractivity contribution in [2.24, 2.45) is 0 Å². The maximum absolute atomic E-state index is 12.1. The molecule has 1 amide bonds. The number of nitriles is 1. The Morgan fingerprint density at radius 1 is 1.27 bits per heavy atom. The summed E-state index contributed by atoms with van der Waals surface area (Å²) in [7, 11) is 1.73. The average Bonchev–Trinajstić information content (AvgIpc) is 2.54. The first kappa shape index (κ1) is 16.1. The number of rotatable bonds is 5. The highest BCUT2D eigenvalue weighted by atomic mass is 79.9. The van der Waals surface area contributed by atoms with E-state index in [1.807, 2.05) is 30.3 Å². The fourth-order valence-electron chi connectivity index (χ4n) is 1.88. The molecular weight excluding hydrogens is 344 g/mol. The molecule has 0 bridgehead atoms. The maximum atomic E-state index is 12.1. The van der Waals surface area contributed by atoms with Crippen molar-refractivity contribution >= 4 is 21.8 Å². The summed E-state index contributed by atoms with van der Waals surface area (Å²) in [6, 6.07) is 16.6. The van der Waals surface area contributed by atoms with Crippen LogP contribution in [0.4, 0.5) is 0 Å². The minimum atomic E-state index is -0.127. The zero-order valence-electron chi connectivity index (χ0n) is 12.1. The number of likely N-dealkylation sites (N-methyl/N-ethyl adjacent to an activating group) is 1. The van der Waals surface area contributed by atoms with Crippen molar-refractivity contribution in [3.8, 4) is 11.8 Å². The van der Waals surface area contributed by atoms with Gasteiger partial charge in [-0.15, -0.1) is 0 Å². The van der Waals surface area contributed by atoms with Crippen LogP contribution in [0.25, 0.3) is 0 Å². The largest absolute Gasteiger partial charge is 0.484 e.